The van der Waals surface area contributed by atoms with Gasteiger partial charge in [-0.05, 0) is 25.5 Å². The molecule has 4 rings (SSSR count). The molecule has 1 saturated heterocycles. The summed E-state index contributed by atoms with van der Waals surface area (Å²) in [7, 11) is 0. The predicted octanol–water partition coefficient (Wildman–Crippen LogP) is 2.95. The zero-order chi connectivity index (χ0) is 17.4. The molecule has 1 aromatic carbocycles. The van der Waals surface area contributed by atoms with Gasteiger partial charge in [0.15, 0.2) is 5.58 Å². The van der Waals surface area contributed by atoms with E-state index in [1.54, 1.807) is 12.4 Å². The molecule has 0 spiro atoms. The van der Waals surface area contributed by atoms with Gasteiger partial charge in [0.1, 0.15) is 23.5 Å². The normalized spacial score (nSPS) is 15.2. The second kappa shape index (κ2) is 6.31. The van der Waals surface area contributed by atoms with Crippen LogP contribution in [0.5, 0.6) is 0 Å². The minimum atomic E-state index is -0.314. The molecule has 0 radical (unpaired) electrons. The van der Waals surface area contributed by atoms with E-state index in [2.05, 4.69) is 31.7 Å². The molecule has 0 saturated carbocycles. The van der Waals surface area contributed by atoms with E-state index in [1.807, 2.05) is 6.92 Å². The number of rotatable bonds is 3. The zero-order valence-electron chi connectivity index (χ0n) is 14.4. The summed E-state index contributed by atoms with van der Waals surface area (Å²) in [5, 5.41) is 0. The van der Waals surface area contributed by atoms with Gasteiger partial charge >= 0.3 is 0 Å². The van der Waals surface area contributed by atoms with Crippen LogP contribution in [0.2, 0.25) is 0 Å². The highest BCUT2D eigenvalue weighted by atomic mass is 19.1. The van der Waals surface area contributed by atoms with Crippen LogP contribution in [0.3, 0.4) is 0 Å². The van der Waals surface area contributed by atoms with E-state index in [4.69, 9.17) is 4.42 Å². The number of fused-ring (bicyclic) bond motifs is 1. The second-order valence-electron chi connectivity index (χ2n) is 6.20. The molecule has 0 atom stereocenters. The van der Waals surface area contributed by atoms with Gasteiger partial charge in [-0.15, -0.1) is 0 Å². The number of piperazine rings is 1. The summed E-state index contributed by atoms with van der Waals surface area (Å²) >= 11 is 0. The largest absolute Gasteiger partial charge is 0.423 e. The highest BCUT2D eigenvalue weighted by Gasteiger charge is 2.23. The van der Waals surface area contributed by atoms with Crippen molar-refractivity contribution in [3.63, 3.8) is 0 Å². The van der Waals surface area contributed by atoms with Crippen LogP contribution in [-0.4, -0.2) is 41.1 Å². The number of anilines is 2. The Balaban J connectivity index is 1.52. The first-order valence-electron chi connectivity index (χ1n) is 8.52. The van der Waals surface area contributed by atoms with Crippen LogP contribution in [0, 0.1) is 12.7 Å². The third kappa shape index (κ3) is 2.90. The Morgan fingerprint density at radius 2 is 1.88 bits per heavy atom. The third-order valence-electron chi connectivity index (χ3n) is 4.68. The Labute approximate surface area is 145 Å². The SMILES string of the molecule is CCc1c(C)ncnc1N1CCN(c2nc3ccc(F)cc3o2)CC1. The lowest BCUT2D eigenvalue weighted by Crippen LogP contribution is -2.47. The van der Waals surface area contributed by atoms with Gasteiger partial charge in [-0.2, -0.15) is 4.98 Å². The van der Waals surface area contributed by atoms with Crippen molar-refractivity contribution in [3.8, 4) is 0 Å². The van der Waals surface area contributed by atoms with Crippen LogP contribution in [0.25, 0.3) is 11.1 Å². The molecule has 1 aliphatic heterocycles. The molecule has 1 aliphatic rings. The van der Waals surface area contributed by atoms with E-state index in [9.17, 15) is 4.39 Å². The van der Waals surface area contributed by atoms with Gasteiger partial charge in [0.2, 0.25) is 0 Å². The lowest BCUT2D eigenvalue weighted by molar-refractivity contribution is 0.537. The van der Waals surface area contributed by atoms with E-state index >= 15 is 0 Å². The van der Waals surface area contributed by atoms with Crippen LogP contribution >= 0.6 is 0 Å². The Morgan fingerprint density at radius 3 is 2.64 bits per heavy atom. The molecule has 0 unspecified atom stereocenters. The monoisotopic (exact) mass is 341 g/mol. The van der Waals surface area contributed by atoms with Crippen molar-refractivity contribution >= 4 is 22.9 Å². The number of nitrogens with zero attached hydrogens (tertiary/aromatic N) is 5. The van der Waals surface area contributed by atoms with Gasteiger partial charge in [-0.25, -0.2) is 14.4 Å². The first kappa shape index (κ1) is 15.8. The van der Waals surface area contributed by atoms with Crippen LogP contribution in [0.15, 0.2) is 28.9 Å². The fourth-order valence-corrected chi connectivity index (χ4v) is 3.31. The van der Waals surface area contributed by atoms with Crippen LogP contribution in [-0.2, 0) is 6.42 Å². The average Bonchev–Trinajstić information content (AvgIpc) is 3.04. The molecule has 0 bridgehead atoms. The van der Waals surface area contributed by atoms with Crippen molar-refractivity contribution in [2.45, 2.75) is 20.3 Å². The lowest BCUT2D eigenvalue weighted by Gasteiger charge is -2.35. The first-order chi connectivity index (χ1) is 12.2. The quantitative estimate of drug-likeness (QED) is 0.730. The van der Waals surface area contributed by atoms with Gasteiger partial charge in [-0.1, -0.05) is 6.92 Å². The van der Waals surface area contributed by atoms with Crippen LogP contribution in [0.4, 0.5) is 16.2 Å². The van der Waals surface area contributed by atoms with Gasteiger partial charge in [0, 0.05) is 43.5 Å². The molecule has 3 aromatic rings. The summed E-state index contributed by atoms with van der Waals surface area (Å²) in [6.07, 6.45) is 2.55. The van der Waals surface area contributed by atoms with Gasteiger partial charge < -0.3 is 14.2 Å². The molecule has 0 N–H and O–H groups in total. The number of oxazole rings is 1. The zero-order valence-corrected chi connectivity index (χ0v) is 14.4. The van der Waals surface area contributed by atoms with E-state index in [1.165, 1.54) is 17.7 Å². The Morgan fingerprint density at radius 1 is 1.12 bits per heavy atom. The molecule has 25 heavy (non-hydrogen) atoms. The van der Waals surface area contributed by atoms with Crippen molar-refractivity contribution in [1.82, 2.24) is 15.0 Å². The van der Waals surface area contributed by atoms with E-state index < -0.39 is 0 Å². The number of benzene rings is 1. The smallest absolute Gasteiger partial charge is 0.298 e. The van der Waals surface area contributed by atoms with Gasteiger partial charge in [0.25, 0.3) is 6.01 Å². The number of aromatic nitrogens is 3. The molecule has 130 valence electrons. The molecule has 0 aliphatic carbocycles. The Hall–Kier alpha value is -2.70. The van der Waals surface area contributed by atoms with E-state index in [-0.39, 0.29) is 5.82 Å². The standard InChI is InChI=1S/C18H20FN5O/c1-3-14-12(2)20-11-21-17(14)23-6-8-24(9-7-23)18-22-15-5-4-13(19)10-16(15)25-18/h4-5,10-11H,3,6-9H2,1-2H3. The van der Waals surface area contributed by atoms with Gasteiger partial charge in [-0.3, -0.25) is 0 Å². The molecular weight excluding hydrogens is 321 g/mol. The number of hydrogen-bond acceptors (Lipinski definition) is 6. The summed E-state index contributed by atoms with van der Waals surface area (Å²) in [5.41, 5.74) is 3.40. The fraction of sp³-hybridized carbons (Fsp3) is 0.389. The van der Waals surface area contributed by atoms with Crippen LogP contribution < -0.4 is 9.80 Å². The van der Waals surface area contributed by atoms with Crippen molar-refractivity contribution in [1.29, 1.82) is 0 Å². The third-order valence-corrected chi connectivity index (χ3v) is 4.68. The topological polar surface area (TPSA) is 58.3 Å². The Kier molecular flexibility index (Phi) is 3.99. The fourth-order valence-electron chi connectivity index (χ4n) is 3.31. The number of aryl methyl sites for hydroxylation is 1. The highest BCUT2D eigenvalue weighted by molar-refractivity contribution is 5.74. The second-order valence-corrected chi connectivity index (χ2v) is 6.20. The molecular formula is C18H20FN5O. The summed E-state index contributed by atoms with van der Waals surface area (Å²) in [6, 6.07) is 4.97. The maximum absolute atomic E-state index is 13.3. The lowest BCUT2D eigenvalue weighted by atomic mass is 10.1. The minimum absolute atomic E-state index is 0.314. The summed E-state index contributed by atoms with van der Waals surface area (Å²) in [5.74, 6) is 0.709. The molecule has 0 amide bonds. The van der Waals surface area contributed by atoms with Crippen molar-refractivity contribution in [2.24, 2.45) is 0 Å². The molecule has 7 heteroatoms. The maximum atomic E-state index is 13.3. The van der Waals surface area contributed by atoms with Crippen LogP contribution in [0.1, 0.15) is 18.2 Å². The highest BCUT2D eigenvalue weighted by Crippen LogP contribution is 2.26. The predicted molar refractivity (Wildman–Crippen MR) is 94.5 cm³/mol. The summed E-state index contributed by atoms with van der Waals surface area (Å²) < 4.78 is 19.0. The van der Waals surface area contributed by atoms with E-state index in [0.29, 0.717) is 17.1 Å². The Bertz CT molecular complexity index is 902. The van der Waals surface area contributed by atoms with Crippen molar-refractivity contribution in [2.75, 3.05) is 36.0 Å². The molecule has 1 fully saturated rings. The number of halogens is 1. The first-order valence-corrected chi connectivity index (χ1v) is 8.52. The average molecular weight is 341 g/mol. The van der Waals surface area contributed by atoms with Gasteiger partial charge in [0.05, 0.1) is 0 Å². The molecule has 6 nitrogen and oxygen atoms in total. The molecule has 3 heterocycles. The van der Waals surface area contributed by atoms with E-state index in [0.717, 1.165) is 44.1 Å². The van der Waals surface area contributed by atoms with Crippen molar-refractivity contribution in [3.05, 3.63) is 41.6 Å². The minimum Gasteiger partial charge on any atom is -0.423 e. The maximum Gasteiger partial charge on any atom is 0.298 e. The number of hydrogen-bond donors (Lipinski definition) is 0. The summed E-state index contributed by atoms with van der Waals surface area (Å²) in [6.45, 7) is 7.37. The molecule has 2 aromatic heterocycles. The summed E-state index contributed by atoms with van der Waals surface area (Å²) in [4.78, 5) is 17.6. The van der Waals surface area contributed by atoms with Crippen molar-refractivity contribution < 1.29 is 8.81 Å².